The molecule has 0 aliphatic carbocycles. The van der Waals surface area contributed by atoms with Crippen molar-refractivity contribution < 1.29 is 53.2 Å². The number of nitrogens with zero attached hydrogens (tertiary/aromatic N) is 2. The molecule has 2 N–H and O–H groups in total. The van der Waals surface area contributed by atoms with Gasteiger partial charge in [-0.2, -0.15) is 16.8 Å². The second-order valence-electron chi connectivity index (χ2n) is 11.0. The predicted molar refractivity (Wildman–Crippen MR) is 151 cm³/mol. The van der Waals surface area contributed by atoms with Crippen molar-refractivity contribution in [3.8, 4) is 0 Å². The third kappa shape index (κ3) is 11.5. The van der Waals surface area contributed by atoms with Crippen molar-refractivity contribution in [2.24, 2.45) is 0 Å². The molecule has 13 nitrogen and oxygen atoms in total. The lowest BCUT2D eigenvalue weighted by Crippen LogP contribution is -2.31. The van der Waals surface area contributed by atoms with Gasteiger partial charge in [-0.25, -0.2) is 13.2 Å². The van der Waals surface area contributed by atoms with Crippen LogP contribution in [-0.4, -0.2) is 79.7 Å². The summed E-state index contributed by atoms with van der Waals surface area (Å²) < 4.78 is 94.1. The smallest absolute Gasteiger partial charge is 0.297 e. The van der Waals surface area contributed by atoms with Crippen LogP contribution in [0.3, 0.4) is 0 Å². The van der Waals surface area contributed by atoms with Gasteiger partial charge in [0, 0.05) is 41.5 Å². The molecule has 0 aromatic heterocycles. The largest absolute Gasteiger partial charge is 0.744 e. The van der Waals surface area contributed by atoms with E-state index in [2.05, 4.69) is 4.18 Å². The van der Waals surface area contributed by atoms with E-state index in [0.717, 1.165) is 24.1 Å². The summed E-state index contributed by atoms with van der Waals surface area (Å²) in [4.78, 5) is -0.683. The molecule has 2 aromatic rings. The van der Waals surface area contributed by atoms with Crippen LogP contribution in [0.2, 0.25) is 0 Å². The molecule has 0 saturated heterocycles. The molecule has 0 heterocycles. The maximum atomic E-state index is 12.0. The second-order valence-corrected chi connectivity index (χ2v) is 15.5. The molecule has 0 amide bonds. The monoisotopic (exact) mass is 636 g/mol. The Morgan fingerprint density at radius 2 is 1.37 bits per heavy atom. The quantitative estimate of drug-likeness (QED) is 0.0859. The van der Waals surface area contributed by atoms with Gasteiger partial charge < -0.3 is 9.76 Å². The number of aryl methyl sites for hydroxylation is 1. The highest BCUT2D eigenvalue weighted by Gasteiger charge is 2.26. The summed E-state index contributed by atoms with van der Waals surface area (Å²) >= 11 is 0. The van der Waals surface area contributed by atoms with Crippen molar-refractivity contribution in [2.75, 3.05) is 7.11 Å². The summed E-state index contributed by atoms with van der Waals surface area (Å²) in [7, 11) is -12.1. The van der Waals surface area contributed by atoms with Crippen LogP contribution in [-0.2, 0) is 40.3 Å². The second kappa shape index (κ2) is 13.0. The van der Waals surface area contributed by atoms with E-state index in [1.54, 1.807) is 54.5 Å². The van der Waals surface area contributed by atoms with Crippen LogP contribution in [0.5, 0.6) is 0 Å². The summed E-state index contributed by atoms with van der Waals surface area (Å²) in [6.07, 6.45) is 2.33. The first kappa shape index (κ1) is 36.1. The van der Waals surface area contributed by atoms with Gasteiger partial charge in [0.2, 0.25) is 11.8 Å². The zero-order valence-electron chi connectivity index (χ0n) is 24.0. The molecule has 0 aliphatic heterocycles. The van der Waals surface area contributed by atoms with Crippen molar-refractivity contribution in [1.29, 1.82) is 0 Å². The number of hydrogen-bond acceptors (Lipinski definition) is 10. The van der Waals surface area contributed by atoms with Crippen molar-refractivity contribution in [1.82, 2.24) is 0 Å². The molecule has 0 aliphatic rings. The van der Waals surface area contributed by atoms with Crippen LogP contribution in [0.15, 0.2) is 46.2 Å². The van der Waals surface area contributed by atoms with Gasteiger partial charge >= 0.3 is 0 Å². The topological polar surface area (TPSA) is 204 Å². The van der Waals surface area contributed by atoms with Crippen molar-refractivity contribution in [3.63, 3.8) is 0 Å². The highest BCUT2D eigenvalue weighted by atomic mass is 32.2. The van der Waals surface area contributed by atoms with Crippen molar-refractivity contribution in [3.05, 3.63) is 63.9 Å². The van der Waals surface area contributed by atoms with Gasteiger partial charge in [-0.3, -0.25) is 13.9 Å². The molecule has 2 rings (SSSR count). The Hall–Kier alpha value is -2.89. The van der Waals surface area contributed by atoms with Crippen LogP contribution in [0.4, 0.5) is 0 Å². The lowest BCUT2D eigenvalue weighted by Gasteiger charge is -2.19. The molecular formula is C25H36N2O11S3. The van der Waals surface area contributed by atoms with E-state index < -0.39 is 47.2 Å². The maximum absolute atomic E-state index is 12.0. The van der Waals surface area contributed by atoms with Gasteiger partial charge in [0.1, 0.15) is 20.8 Å². The Labute approximate surface area is 241 Å². The fourth-order valence-electron chi connectivity index (χ4n) is 2.90. The summed E-state index contributed by atoms with van der Waals surface area (Å²) in [6.45, 7) is 11.9. The number of benzene rings is 2. The molecule has 16 heteroatoms. The molecule has 230 valence electrons. The molecule has 2 aromatic carbocycles. The van der Waals surface area contributed by atoms with Gasteiger partial charge in [0.25, 0.3) is 20.2 Å². The van der Waals surface area contributed by atoms with E-state index in [0.29, 0.717) is 10.3 Å². The Kier molecular flexibility index (Phi) is 11.4. The molecule has 0 atom stereocenters. The van der Waals surface area contributed by atoms with Crippen molar-refractivity contribution in [2.45, 2.75) is 75.1 Å². The zero-order valence-corrected chi connectivity index (χ0v) is 26.5. The molecule has 0 fully saturated rings. The Morgan fingerprint density at radius 1 is 0.854 bits per heavy atom. The van der Waals surface area contributed by atoms with E-state index in [1.165, 1.54) is 30.5 Å². The Morgan fingerprint density at radius 3 is 1.80 bits per heavy atom. The molecule has 0 spiro atoms. The minimum Gasteiger partial charge on any atom is -0.744 e. The van der Waals surface area contributed by atoms with Crippen LogP contribution in [0, 0.1) is 12.1 Å². The fourth-order valence-corrected chi connectivity index (χ4v) is 5.13. The van der Waals surface area contributed by atoms with E-state index in [1.807, 2.05) is 0 Å². The Balaban J connectivity index is 0.000000422. The summed E-state index contributed by atoms with van der Waals surface area (Å²) in [6, 6.07) is 8.11. The first-order chi connectivity index (χ1) is 18.3. The van der Waals surface area contributed by atoms with Crippen LogP contribution < -0.4 is 0 Å². The van der Waals surface area contributed by atoms with Gasteiger partial charge in [0.05, 0.1) is 23.1 Å². The number of hydrogen-bond donors (Lipinski definition) is 2. The lowest BCUT2D eigenvalue weighted by atomic mass is 10.1. The average Bonchev–Trinajstić information content (AvgIpc) is 2.78. The lowest BCUT2D eigenvalue weighted by molar-refractivity contribution is -0.816. The summed E-state index contributed by atoms with van der Waals surface area (Å²) in [5, 5.41) is 21.8. The Bertz CT molecular complexity index is 1650. The molecular weight excluding hydrogens is 600 g/mol. The van der Waals surface area contributed by atoms with E-state index >= 15 is 0 Å². The summed E-state index contributed by atoms with van der Waals surface area (Å²) in [5.41, 5.74) is -0.435. The van der Waals surface area contributed by atoms with Gasteiger partial charge in [-0.15, -0.1) is 0 Å². The van der Waals surface area contributed by atoms with Crippen LogP contribution in [0.1, 0.15) is 63.8 Å². The SMILES string of the molecule is COS(=O)(=O)c1cc(CS(=O)(=O)O)ccc1C=[N+]([O-])C(C)(C)C.Cc1ccc(C=[N+](O)C(C)(C)C)c(S(=O)(=O)[O-])c1. The number of rotatable bonds is 7. The average molecular weight is 637 g/mol. The van der Waals surface area contributed by atoms with Gasteiger partial charge in [-0.1, -0.05) is 12.1 Å². The molecule has 0 radical (unpaired) electrons. The first-order valence-corrected chi connectivity index (χ1v) is 16.3. The van der Waals surface area contributed by atoms with E-state index in [4.69, 9.17) is 4.55 Å². The predicted octanol–water partition coefficient (Wildman–Crippen LogP) is 2.66. The summed E-state index contributed by atoms with van der Waals surface area (Å²) in [5.74, 6) is -0.750. The minimum atomic E-state index is -4.57. The first-order valence-electron chi connectivity index (χ1n) is 11.9. The minimum absolute atomic E-state index is 0.0495. The van der Waals surface area contributed by atoms with Gasteiger partial charge in [0.15, 0.2) is 11.8 Å². The van der Waals surface area contributed by atoms with Crippen molar-refractivity contribution >= 4 is 42.8 Å². The number of hydroxylamine groups is 2. The highest BCUT2D eigenvalue weighted by Crippen LogP contribution is 2.21. The van der Waals surface area contributed by atoms with Gasteiger partial charge in [-0.05, 0) is 47.1 Å². The zero-order chi connectivity index (χ0) is 32.2. The van der Waals surface area contributed by atoms with E-state index in [-0.39, 0.29) is 26.5 Å². The third-order valence-electron chi connectivity index (χ3n) is 5.22. The molecule has 0 unspecified atom stereocenters. The molecule has 0 saturated carbocycles. The molecule has 41 heavy (non-hydrogen) atoms. The standard InChI is InChI=1S/C13H19NO7S2.C12H17NO4S/c1-13(2,3)14(15)8-11-6-5-10(9-22(16,17)18)7-12(11)23(19,20)21-4;1-9-5-6-10(8-13(14)12(2,3)4)11(7-9)18(15,16)17/h5-8H,9H2,1-4H3,(H,16,17,18);5-8H,1-4H3,(H-,14,15,16,17). The highest BCUT2D eigenvalue weighted by molar-refractivity contribution is 7.87. The maximum Gasteiger partial charge on any atom is 0.297 e. The molecule has 0 bridgehead atoms. The normalized spacial score (nSPS) is 13.9. The van der Waals surface area contributed by atoms with E-state index in [9.17, 15) is 40.2 Å². The third-order valence-corrected chi connectivity index (χ3v) is 8.14. The van der Waals surface area contributed by atoms with Crippen LogP contribution in [0.25, 0.3) is 0 Å². The van der Waals surface area contributed by atoms with Crippen LogP contribution >= 0.6 is 0 Å². The fraction of sp³-hybridized carbons (Fsp3) is 0.440.